The number of Topliss-reactive ketones (excluding diaryl/α,β-unsaturated/α-hetero) is 1. The molecule has 0 amide bonds. The number of alkyl halides is 3. The Hall–Kier alpha value is -0.950. The van der Waals surface area contributed by atoms with Crippen LogP contribution in [-0.2, 0) is 11.2 Å². The van der Waals surface area contributed by atoms with Crippen molar-refractivity contribution in [3.8, 4) is 0 Å². The van der Waals surface area contributed by atoms with Gasteiger partial charge in [-0.1, -0.05) is 0 Å². The van der Waals surface area contributed by atoms with E-state index in [-0.39, 0.29) is 5.69 Å². The number of carbonyl (C=O) groups excluding carboxylic acids is 1. The summed E-state index contributed by atoms with van der Waals surface area (Å²) < 4.78 is 38.1. The molecule has 7 heteroatoms. The number of ketones is 1. The lowest BCUT2D eigenvalue weighted by atomic mass is 9.93. The van der Waals surface area contributed by atoms with Gasteiger partial charge < -0.3 is 5.73 Å². The lowest BCUT2D eigenvalue weighted by Gasteiger charge is -2.25. The van der Waals surface area contributed by atoms with Crippen molar-refractivity contribution in [1.82, 2.24) is 4.98 Å². The first-order valence-corrected chi connectivity index (χ1v) is 5.43. The van der Waals surface area contributed by atoms with Crippen LogP contribution < -0.4 is 5.73 Å². The molecule has 1 unspecified atom stereocenters. The third kappa shape index (κ3) is 3.26. The van der Waals surface area contributed by atoms with Crippen LogP contribution in [0, 0.1) is 0 Å². The molecule has 1 aromatic heterocycles. The molecule has 1 aromatic rings. The van der Waals surface area contributed by atoms with E-state index in [0.29, 0.717) is 11.4 Å². The summed E-state index contributed by atoms with van der Waals surface area (Å²) in [6, 6.07) is 3.06. The van der Waals surface area contributed by atoms with E-state index >= 15 is 0 Å². The second-order valence-corrected chi connectivity index (χ2v) is 4.68. The maximum absolute atomic E-state index is 12.5. The van der Waals surface area contributed by atoms with Gasteiger partial charge in [0.2, 0.25) is 0 Å². The van der Waals surface area contributed by atoms with Crippen molar-refractivity contribution in [2.24, 2.45) is 5.73 Å². The molecule has 2 N–H and O–H groups in total. The first kappa shape index (κ1) is 14.1. The molecule has 0 saturated carbocycles. The minimum Gasteiger partial charge on any atom is -0.312 e. The lowest BCUT2D eigenvalue weighted by Crippen LogP contribution is -2.57. The monoisotopic (exact) mass is 310 g/mol. The van der Waals surface area contributed by atoms with E-state index in [1.807, 2.05) is 0 Å². The normalized spacial score (nSPS) is 15.4. The second kappa shape index (κ2) is 4.73. The minimum absolute atomic E-state index is 0.249. The van der Waals surface area contributed by atoms with Gasteiger partial charge in [-0.25, -0.2) is 0 Å². The van der Waals surface area contributed by atoms with Gasteiger partial charge in [-0.15, -0.1) is 0 Å². The highest BCUT2D eigenvalue weighted by Crippen LogP contribution is 2.29. The van der Waals surface area contributed by atoms with Crippen molar-refractivity contribution >= 4 is 21.7 Å². The van der Waals surface area contributed by atoms with E-state index < -0.39 is 23.9 Å². The van der Waals surface area contributed by atoms with Crippen molar-refractivity contribution < 1.29 is 18.0 Å². The number of halogens is 4. The lowest BCUT2D eigenvalue weighted by molar-refractivity contribution is -0.185. The largest absolute Gasteiger partial charge is 0.413 e. The molecule has 0 saturated heterocycles. The Kier molecular flexibility index (Phi) is 3.93. The van der Waals surface area contributed by atoms with Gasteiger partial charge in [0.25, 0.3) is 0 Å². The van der Waals surface area contributed by atoms with Gasteiger partial charge >= 0.3 is 6.18 Å². The third-order valence-corrected chi connectivity index (χ3v) is 2.77. The molecule has 0 radical (unpaired) electrons. The van der Waals surface area contributed by atoms with Gasteiger partial charge in [0.1, 0.15) is 0 Å². The van der Waals surface area contributed by atoms with Crippen molar-refractivity contribution in [1.29, 1.82) is 0 Å². The molecule has 0 spiro atoms. The van der Waals surface area contributed by atoms with Crippen LogP contribution >= 0.6 is 15.9 Å². The average molecular weight is 311 g/mol. The molecular formula is C10H10BrF3N2O. The van der Waals surface area contributed by atoms with Gasteiger partial charge in [-0.3, -0.25) is 9.78 Å². The van der Waals surface area contributed by atoms with Crippen LogP contribution in [0.5, 0.6) is 0 Å². The first-order valence-electron chi connectivity index (χ1n) is 4.64. The molecule has 0 fully saturated rings. The summed E-state index contributed by atoms with van der Waals surface area (Å²) in [7, 11) is 0. The smallest absolute Gasteiger partial charge is 0.312 e. The number of nitrogens with two attached hydrogens (primary N) is 1. The van der Waals surface area contributed by atoms with Crippen LogP contribution in [0.2, 0.25) is 0 Å². The van der Waals surface area contributed by atoms with E-state index in [9.17, 15) is 18.0 Å². The summed E-state index contributed by atoms with van der Waals surface area (Å²) in [5.41, 5.74) is 2.41. The topological polar surface area (TPSA) is 56.0 Å². The zero-order chi connectivity index (χ0) is 13.3. The van der Waals surface area contributed by atoms with Crippen LogP contribution in [0.1, 0.15) is 12.6 Å². The summed E-state index contributed by atoms with van der Waals surface area (Å²) in [5.74, 6) is -1.11. The number of aromatic nitrogens is 1. The first-order chi connectivity index (χ1) is 7.64. The molecule has 1 rings (SSSR count). The van der Waals surface area contributed by atoms with Crippen LogP contribution in [0.15, 0.2) is 22.8 Å². The third-order valence-electron chi connectivity index (χ3n) is 2.30. The molecule has 0 bridgehead atoms. The number of rotatable bonds is 3. The summed E-state index contributed by atoms with van der Waals surface area (Å²) in [5, 5.41) is 0. The maximum Gasteiger partial charge on any atom is 0.413 e. The van der Waals surface area contributed by atoms with Gasteiger partial charge in [0, 0.05) is 16.4 Å². The Morgan fingerprint density at radius 2 is 2.06 bits per heavy atom. The summed E-state index contributed by atoms with van der Waals surface area (Å²) in [6.07, 6.45) is -3.80. The fraction of sp³-hybridized carbons (Fsp3) is 0.400. The summed E-state index contributed by atoms with van der Waals surface area (Å²) >= 11 is 3.13. The molecule has 1 atom stereocenters. The molecule has 0 aliphatic heterocycles. The Morgan fingerprint density at radius 1 is 1.47 bits per heavy atom. The molecule has 1 heterocycles. The highest BCUT2D eigenvalue weighted by molar-refractivity contribution is 9.10. The molecule has 0 aliphatic carbocycles. The number of hydrogen-bond acceptors (Lipinski definition) is 3. The average Bonchev–Trinajstić information content (AvgIpc) is 2.19. The van der Waals surface area contributed by atoms with Gasteiger partial charge in [-0.2, -0.15) is 13.2 Å². The molecule has 94 valence electrons. The van der Waals surface area contributed by atoms with Crippen LogP contribution in [0.25, 0.3) is 0 Å². The van der Waals surface area contributed by atoms with Gasteiger partial charge in [0.15, 0.2) is 11.3 Å². The predicted molar refractivity (Wildman–Crippen MR) is 59.3 cm³/mol. The fourth-order valence-electron chi connectivity index (χ4n) is 1.02. The maximum atomic E-state index is 12.5. The predicted octanol–water partition coefficient (Wildman–Crippen LogP) is 2.24. The molecule has 17 heavy (non-hydrogen) atoms. The molecule has 0 aliphatic rings. The van der Waals surface area contributed by atoms with Crippen LogP contribution in [0.3, 0.4) is 0 Å². The fourth-order valence-corrected chi connectivity index (χ4v) is 1.25. The number of nitrogens with zero attached hydrogens (tertiary/aromatic N) is 1. The van der Waals surface area contributed by atoms with Crippen LogP contribution in [-0.4, -0.2) is 22.5 Å². The zero-order valence-corrected chi connectivity index (χ0v) is 10.5. The zero-order valence-electron chi connectivity index (χ0n) is 8.88. The molecular weight excluding hydrogens is 301 g/mol. The van der Waals surface area contributed by atoms with E-state index in [0.717, 1.165) is 0 Å². The summed E-state index contributed by atoms with van der Waals surface area (Å²) in [4.78, 5) is 15.3. The van der Waals surface area contributed by atoms with Crippen molar-refractivity contribution in [3.05, 3.63) is 28.5 Å². The Morgan fingerprint density at radius 3 is 2.47 bits per heavy atom. The standard InChI is InChI=1S/C10H10BrF3N2O/c1-9(15,10(12,13)14)8(17)4-7-3-2-6(11)5-16-7/h2-3,5H,4,15H2,1H3. The quantitative estimate of drug-likeness (QED) is 0.931. The van der Waals surface area contributed by atoms with E-state index in [2.05, 4.69) is 20.9 Å². The van der Waals surface area contributed by atoms with Crippen LogP contribution in [0.4, 0.5) is 13.2 Å². The van der Waals surface area contributed by atoms with Crippen molar-refractivity contribution in [3.63, 3.8) is 0 Å². The second-order valence-electron chi connectivity index (χ2n) is 3.77. The highest BCUT2D eigenvalue weighted by atomic mass is 79.9. The van der Waals surface area contributed by atoms with Gasteiger partial charge in [-0.05, 0) is 35.0 Å². The molecule has 3 nitrogen and oxygen atoms in total. The van der Waals surface area contributed by atoms with E-state index in [1.54, 1.807) is 6.07 Å². The van der Waals surface area contributed by atoms with E-state index in [4.69, 9.17) is 5.73 Å². The Balaban J connectivity index is 2.83. The van der Waals surface area contributed by atoms with Gasteiger partial charge in [0.05, 0.1) is 6.42 Å². The highest BCUT2D eigenvalue weighted by Gasteiger charge is 2.53. The number of carbonyl (C=O) groups is 1. The van der Waals surface area contributed by atoms with E-state index in [1.165, 1.54) is 12.3 Å². The molecule has 0 aromatic carbocycles. The van der Waals surface area contributed by atoms with Crippen molar-refractivity contribution in [2.45, 2.75) is 25.1 Å². The SMILES string of the molecule is CC(N)(C(=O)Cc1ccc(Br)cn1)C(F)(F)F. The number of pyridine rings is 1. The number of hydrogen-bond donors (Lipinski definition) is 1. The van der Waals surface area contributed by atoms with Crippen molar-refractivity contribution in [2.75, 3.05) is 0 Å². The Labute approximate surface area is 104 Å². The Bertz CT molecular complexity index is 415. The summed E-state index contributed by atoms with van der Waals surface area (Å²) in [6.45, 7) is 0.661. The minimum atomic E-state index is -4.76.